The number of benzene rings is 1. The molecular weight excluding hydrogens is 392 g/mol. The molecule has 9 nitrogen and oxygen atoms in total. The molecule has 0 bridgehead atoms. The number of piperazine rings is 1. The van der Waals surface area contributed by atoms with Crippen molar-refractivity contribution < 1.29 is 4.74 Å². The second kappa shape index (κ2) is 9.02. The van der Waals surface area contributed by atoms with E-state index in [2.05, 4.69) is 67.7 Å². The minimum absolute atomic E-state index is 0.266. The molecule has 0 unspecified atom stereocenters. The minimum atomic E-state index is 0.266. The number of methoxy groups -OCH3 is 1. The summed E-state index contributed by atoms with van der Waals surface area (Å²) < 4.78 is 5.70. The summed E-state index contributed by atoms with van der Waals surface area (Å²) in [6, 6.07) is 10.6. The quantitative estimate of drug-likeness (QED) is 0.560. The van der Waals surface area contributed by atoms with Crippen LogP contribution >= 0.6 is 0 Å². The van der Waals surface area contributed by atoms with Gasteiger partial charge >= 0.3 is 0 Å². The molecule has 31 heavy (non-hydrogen) atoms. The third-order valence-electron chi connectivity index (χ3n) is 5.45. The van der Waals surface area contributed by atoms with Crippen LogP contribution in [0.25, 0.3) is 11.3 Å². The topological polar surface area (TPSA) is 115 Å². The van der Waals surface area contributed by atoms with E-state index in [4.69, 9.17) is 10.00 Å². The van der Waals surface area contributed by atoms with E-state index in [1.807, 2.05) is 12.1 Å². The average Bonchev–Trinajstić information content (AvgIpc) is 3.27. The van der Waals surface area contributed by atoms with E-state index >= 15 is 0 Å². The van der Waals surface area contributed by atoms with Gasteiger partial charge in [0.2, 0.25) is 0 Å². The number of nitrogens with one attached hydrogen (secondary N) is 3. The molecule has 2 aromatic heterocycles. The SMILES string of the molecule is COc1cc(N2CCN[C@@H](C(C)C)C2)ccc1-c1cc(Nc2cnc(C#N)cn2)n[nH]1. The fourth-order valence-electron chi connectivity index (χ4n) is 3.66. The zero-order valence-electron chi connectivity index (χ0n) is 17.9. The molecule has 3 heterocycles. The van der Waals surface area contributed by atoms with Gasteiger partial charge in [0.15, 0.2) is 11.5 Å². The number of nitrogens with zero attached hydrogens (tertiary/aromatic N) is 5. The van der Waals surface area contributed by atoms with E-state index in [0.717, 1.165) is 42.3 Å². The maximum absolute atomic E-state index is 8.83. The number of aromatic amines is 1. The largest absolute Gasteiger partial charge is 0.496 e. The number of hydrogen-bond acceptors (Lipinski definition) is 8. The first-order valence-electron chi connectivity index (χ1n) is 10.3. The lowest BCUT2D eigenvalue weighted by Gasteiger charge is -2.37. The highest BCUT2D eigenvalue weighted by molar-refractivity contribution is 5.73. The lowest BCUT2D eigenvalue weighted by molar-refractivity contribution is 0.368. The molecule has 1 aromatic carbocycles. The normalized spacial score (nSPS) is 16.2. The Hall–Kier alpha value is -3.64. The molecule has 1 aliphatic rings. The Labute approximate surface area is 181 Å². The van der Waals surface area contributed by atoms with Crippen LogP contribution in [0, 0.1) is 17.2 Å². The second-order valence-corrected chi connectivity index (χ2v) is 7.83. The molecule has 3 aromatic rings. The van der Waals surface area contributed by atoms with Crippen molar-refractivity contribution in [2.75, 3.05) is 37.0 Å². The van der Waals surface area contributed by atoms with Crippen molar-refractivity contribution in [2.45, 2.75) is 19.9 Å². The zero-order valence-corrected chi connectivity index (χ0v) is 17.9. The summed E-state index contributed by atoms with van der Waals surface area (Å²) in [6.07, 6.45) is 2.91. The van der Waals surface area contributed by atoms with Crippen LogP contribution in [0.1, 0.15) is 19.5 Å². The molecule has 0 amide bonds. The second-order valence-electron chi connectivity index (χ2n) is 7.83. The highest BCUT2D eigenvalue weighted by Gasteiger charge is 2.23. The van der Waals surface area contributed by atoms with Gasteiger partial charge in [0.25, 0.3) is 0 Å². The molecular formula is C22H26N8O. The smallest absolute Gasteiger partial charge is 0.158 e. The monoisotopic (exact) mass is 418 g/mol. The highest BCUT2D eigenvalue weighted by atomic mass is 16.5. The first kappa shape index (κ1) is 20.6. The Morgan fingerprint density at radius 3 is 2.81 bits per heavy atom. The Kier molecular flexibility index (Phi) is 6.00. The maximum atomic E-state index is 8.83. The molecule has 1 saturated heterocycles. The number of anilines is 3. The van der Waals surface area contributed by atoms with Crippen molar-refractivity contribution in [3.8, 4) is 23.1 Å². The fraction of sp³-hybridized carbons (Fsp3) is 0.364. The van der Waals surface area contributed by atoms with Crippen LogP contribution in [0.15, 0.2) is 36.7 Å². The fourth-order valence-corrected chi connectivity index (χ4v) is 3.66. The molecule has 1 fully saturated rings. The van der Waals surface area contributed by atoms with Crippen LogP contribution in [-0.4, -0.2) is 53.0 Å². The summed E-state index contributed by atoms with van der Waals surface area (Å²) in [5.41, 5.74) is 3.17. The van der Waals surface area contributed by atoms with Crippen LogP contribution in [-0.2, 0) is 0 Å². The van der Waals surface area contributed by atoms with Crippen LogP contribution in [0.3, 0.4) is 0 Å². The summed E-state index contributed by atoms with van der Waals surface area (Å²) >= 11 is 0. The Morgan fingerprint density at radius 2 is 2.10 bits per heavy atom. The molecule has 0 saturated carbocycles. The molecule has 3 N–H and O–H groups in total. The van der Waals surface area contributed by atoms with E-state index in [-0.39, 0.29) is 5.69 Å². The minimum Gasteiger partial charge on any atom is -0.496 e. The van der Waals surface area contributed by atoms with Crippen molar-refractivity contribution in [1.29, 1.82) is 5.26 Å². The maximum Gasteiger partial charge on any atom is 0.158 e. The number of ether oxygens (including phenoxy) is 1. The van der Waals surface area contributed by atoms with E-state index < -0.39 is 0 Å². The van der Waals surface area contributed by atoms with E-state index in [9.17, 15) is 0 Å². The number of hydrogen-bond donors (Lipinski definition) is 3. The molecule has 0 aliphatic carbocycles. The first-order chi connectivity index (χ1) is 15.1. The van der Waals surface area contributed by atoms with Crippen molar-refractivity contribution >= 4 is 17.3 Å². The van der Waals surface area contributed by atoms with Gasteiger partial charge in [-0.25, -0.2) is 9.97 Å². The summed E-state index contributed by atoms with van der Waals surface area (Å²) in [7, 11) is 1.68. The number of H-pyrrole nitrogens is 1. The van der Waals surface area contributed by atoms with Crippen molar-refractivity contribution in [1.82, 2.24) is 25.5 Å². The van der Waals surface area contributed by atoms with Crippen molar-refractivity contribution in [3.63, 3.8) is 0 Å². The molecule has 0 radical (unpaired) electrons. The van der Waals surface area contributed by atoms with Gasteiger partial charge in [0, 0.05) is 49.1 Å². The van der Waals surface area contributed by atoms with Gasteiger partial charge in [-0.05, 0) is 18.1 Å². The van der Waals surface area contributed by atoms with Crippen LogP contribution < -0.4 is 20.3 Å². The molecule has 0 spiro atoms. The van der Waals surface area contributed by atoms with E-state index in [1.54, 1.807) is 7.11 Å². The van der Waals surface area contributed by atoms with Gasteiger partial charge < -0.3 is 20.3 Å². The van der Waals surface area contributed by atoms with Crippen molar-refractivity contribution in [3.05, 3.63) is 42.4 Å². The highest BCUT2D eigenvalue weighted by Crippen LogP contribution is 2.34. The van der Waals surface area contributed by atoms with Crippen LogP contribution in [0.5, 0.6) is 5.75 Å². The summed E-state index contributed by atoms with van der Waals surface area (Å²) in [5, 5.41) is 22.9. The first-order valence-corrected chi connectivity index (χ1v) is 10.3. The van der Waals surface area contributed by atoms with Gasteiger partial charge in [-0.2, -0.15) is 10.4 Å². The van der Waals surface area contributed by atoms with Crippen LogP contribution in [0.2, 0.25) is 0 Å². The van der Waals surface area contributed by atoms with Gasteiger partial charge in [0.05, 0.1) is 25.2 Å². The van der Waals surface area contributed by atoms with Crippen molar-refractivity contribution in [2.24, 2.45) is 5.92 Å². The number of nitriles is 1. The standard InChI is InChI=1S/C22H26N8O/c1-14(2)19-13-30(7-6-24-19)16-4-5-17(20(8-16)31-3)18-9-21(29-28-18)27-22-12-25-15(10-23)11-26-22/h4-5,8-9,11-12,14,19,24H,6-7,13H2,1-3H3,(H2,26,27,28,29)/t19-/m1/s1. The zero-order chi connectivity index (χ0) is 21.8. The third kappa shape index (κ3) is 4.59. The molecule has 1 atom stereocenters. The predicted molar refractivity (Wildman–Crippen MR) is 119 cm³/mol. The lowest BCUT2D eigenvalue weighted by atomic mass is 10.0. The number of aromatic nitrogens is 4. The molecule has 9 heteroatoms. The van der Waals surface area contributed by atoms with Crippen LogP contribution in [0.4, 0.5) is 17.3 Å². The molecule has 160 valence electrons. The number of rotatable bonds is 6. The predicted octanol–water partition coefficient (Wildman–Crippen LogP) is 2.92. The molecule has 1 aliphatic heterocycles. The van der Waals surface area contributed by atoms with Gasteiger partial charge in [-0.3, -0.25) is 5.10 Å². The van der Waals surface area contributed by atoms with E-state index in [0.29, 0.717) is 23.6 Å². The summed E-state index contributed by atoms with van der Waals surface area (Å²) in [6.45, 7) is 7.41. The van der Waals surface area contributed by atoms with E-state index in [1.165, 1.54) is 12.4 Å². The molecule has 4 rings (SSSR count). The Bertz CT molecular complexity index is 1070. The summed E-state index contributed by atoms with van der Waals surface area (Å²) in [5.74, 6) is 2.48. The third-order valence-corrected chi connectivity index (χ3v) is 5.45. The van der Waals surface area contributed by atoms with Gasteiger partial charge in [0.1, 0.15) is 17.6 Å². The lowest BCUT2D eigenvalue weighted by Crippen LogP contribution is -2.52. The van der Waals surface area contributed by atoms with Gasteiger partial charge in [-0.15, -0.1) is 0 Å². The Morgan fingerprint density at radius 1 is 1.23 bits per heavy atom. The average molecular weight is 419 g/mol. The Balaban J connectivity index is 1.52. The summed E-state index contributed by atoms with van der Waals surface area (Å²) in [4.78, 5) is 10.6. The van der Waals surface area contributed by atoms with Gasteiger partial charge in [-0.1, -0.05) is 13.8 Å².